The molecule has 1 heterocycles. The Bertz CT molecular complexity index is 461. The predicted molar refractivity (Wildman–Crippen MR) is 79.2 cm³/mol. The second-order valence-electron chi connectivity index (χ2n) is 6.58. The van der Waals surface area contributed by atoms with Crippen molar-refractivity contribution in [1.82, 2.24) is 9.88 Å². The molecule has 0 fully saturated rings. The van der Waals surface area contributed by atoms with E-state index in [0.29, 0.717) is 17.9 Å². The van der Waals surface area contributed by atoms with Crippen LogP contribution in [0, 0.1) is 5.41 Å². The SMILES string of the molecule is CC(C)c1cc(C(=O)N(C)CC(C)(C)C)cc(N)n1. The van der Waals surface area contributed by atoms with Gasteiger partial charge in [-0.2, -0.15) is 0 Å². The van der Waals surface area contributed by atoms with E-state index in [2.05, 4.69) is 25.8 Å². The third kappa shape index (κ3) is 4.54. The van der Waals surface area contributed by atoms with Crippen LogP contribution in [0.4, 0.5) is 5.82 Å². The zero-order valence-electron chi connectivity index (χ0n) is 12.8. The maximum absolute atomic E-state index is 12.4. The molecule has 1 aromatic heterocycles. The van der Waals surface area contributed by atoms with Gasteiger partial charge in [-0.15, -0.1) is 0 Å². The lowest BCUT2D eigenvalue weighted by Crippen LogP contribution is -2.34. The zero-order chi connectivity index (χ0) is 14.8. The normalized spacial score (nSPS) is 11.7. The van der Waals surface area contributed by atoms with E-state index >= 15 is 0 Å². The van der Waals surface area contributed by atoms with Crippen LogP contribution >= 0.6 is 0 Å². The van der Waals surface area contributed by atoms with Crippen molar-refractivity contribution < 1.29 is 4.79 Å². The molecule has 1 aromatic rings. The first-order valence-electron chi connectivity index (χ1n) is 6.63. The third-order valence-electron chi connectivity index (χ3n) is 2.76. The van der Waals surface area contributed by atoms with E-state index in [9.17, 15) is 4.79 Å². The Morgan fingerprint density at radius 2 is 1.95 bits per heavy atom. The van der Waals surface area contributed by atoms with Crippen LogP contribution < -0.4 is 5.73 Å². The number of hydrogen-bond donors (Lipinski definition) is 1. The minimum atomic E-state index is -0.00840. The van der Waals surface area contributed by atoms with E-state index in [1.54, 1.807) is 11.0 Å². The Hall–Kier alpha value is -1.58. The molecule has 0 saturated carbocycles. The summed E-state index contributed by atoms with van der Waals surface area (Å²) in [4.78, 5) is 18.4. The van der Waals surface area contributed by atoms with E-state index < -0.39 is 0 Å². The molecule has 0 aliphatic rings. The molecule has 0 spiro atoms. The zero-order valence-corrected chi connectivity index (χ0v) is 12.8. The summed E-state index contributed by atoms with van der Waals surface area (Å²) >= 11 is 0. The first kappa shape index (κ1) is 15.5. The van der Waals surface area contributed by atoms with Gasteiger partial charge in [0.25, 0.3) is 5.91 Å². The number of nitrogens with zero attached hydrogens (tertiary/aromatic N) is 2. The highest BCUT2D eigenvalue weighted by atomic mass is 16.2. The predicted octanol–water partition coefficient (Wildman–Crippen LogP) is 2.91. The lowest BCUT2D eigenvalue weighted by atomic mass is 9.96. The largest absolute Gasteiger partial charge is 0.384 e. The van der Waals surface area contributed by atoms with Crippen LogP contribution in [0.5, 0.6) is 0 Å². The van der Waals surface area contributed by atoms with Crippen molar-refractivity contribution >= 4 is 11.7 Å². The minimum Gasteiger partial charge on any atom is -0.384 e. The van der Waals surface area contributed by atoms with Gasteiger partial charge in [-0.05, 0) is 23.5 Å². The van der Waals surface area contributed by atoms with Crippen LogP contribution in [0.3, 0.4) is 0 Å². The minimum absolute atomic E-state index is 0.00840. The van der Waals surface area contributed by atoms with Gasteiger partial charge < -0.3 is 10.6 Å². The van der Waals surface area contributed by atoms with Crippen molar-refractivity contribution in [3.05, 3.63) is 23.4 Å². The average molecular weight is 263 g/mol. The summed E-state index contributed by atoms with van der Waals surface area (Å²) < 4.78 is 0. The van der Waals surface area contributed by atoms with E-state index in [-0.39, 0.29) is 17.2 Å². The number of carbonyl (C=O) groups excluding carboxylic acids is 1. The summed E-state index contributed by atoms with van der Waals surface area (Å²) in [6, 6.07) is 3.48. The number of pyridine rings is 1. The van der Waals surface area contributed by atoms with Crippen molar-refractivity contribution in [2.24, 2.45) is 5.41 Å². The van der Waals surface area contributed by atoms with Crippen LogP contribution in [0.25, 0.3) is 0 Å². The standard InChI is InChI=1S/C15H25N3O/c1-10(2)12-7-11(8-13(16)17-12)14(19)18(6)9-15(3,4)5/h7-8,10H,9H2,1-6H3,(H2,16,17). The van der Waals surface area contributed by atoms with Crippen molar-refractivity contribution in [2.75, 3.05) is 19.3 Å². The molecule has 0 aromatic carbocycles. The number of carbonyl (C=O) groups is 1. The Morgan fingerprint density at radius 1 is 1.37 bits per heavy atom. The maximum atomic E-state index is 12.4. The highest BCUT2D eigenvalue weighted by Gasteiger charge is 2.20. The van der Waals surface area contributed by atoms with Crippen LogP contribution in [0.1, 0.15) is 56.6 Å². The first-order chi connectivity index (χ1) is 8.60. The summed E-state index contributed by atoms with van der Waals surface area (Å²) in [5, 5.41) is 0. The molecule has 0 aliphatic carbocycles. The third-order valence-corrected chi connectivity index (χ3v) is 2.76. The number of anilines is 1. The molecule has 0 aliphatic heterocycles. The van der Waals surface area contributed by atoms with E-state index in [0.717, 1.165) is 5.69 Å². The van der Waals surface area contributed by atoms with Crippen molar-refractivity contribution in [1.29, 1.82) is 0 Å². The Morgan fingerprint density at radius 3 is 2.42 bits per heavy atom. The number of nitrogen functional groups attached to an aromatic ring is 1. The first-order valence-corrected chi connectivity index (χ1v) is 6.63. The molecular formula is C15H25N3O. The van der Waals surface area contributed by atoms with Crippen molar-refractivity contribution in [2.45, 2.75) is 40.5 Å². The molecule has 0 atom stereocenters. The summed E-state index contributed by atoms with van der Waals surface area (Å²) in [6.45, 7) is 11.1. The molecule has 0 saturated heterocycles. The number of amides is 1. The smallest absolute Gasteiger partial charge is 0.253 e. The molecule has 106 valence electrons. The van der Waals surface area contributed by atoms with Crippen molar-refractivity contribution in [3.8, 4) is 0 Å². The fraction of sp³-hybridized carbons (Fsp3) is 0.600. The molecule has 0 bridgehead atoms. The molecular weight excluding hydrogens is 238 g/mol. The van der Waals surface area contributed by atoms with Gasteiger partial charge in [0.05, 0.1) is 0 Å². The molecule has 1 rings (SSSR count). The van der Waals surface area contributed by atoms with E-state index in [4.69, 9.17) is 5.73 Å². The van der Waals surface area contributed by atoms with Gasteiger partial charge in [0.15, 0.2) is 0 Å². The lowest BCUT2D eigenvalue weighted by Gasteiger charge is -2.26. The van der Waals surface area contributed by atoms with E-state index in [1.165, 1.54) is 0 Å². The highest BCUT2D eigenvalue weighted by Crippen LogP contribution is 2.19. The fourth-order valence-corrected chi connectivity index (χ4v) is 2.00. The molecule has 0 unspecified atom stereocenters. The van der Waals surface area contributed by atoms with Gasteiger partial charge in [-0.3, -0.25) is 4.79 Å². The molecule has 19 heavy (non-hydrogen) atoms. The van der Waals surface area contributed by atoms with Gasteiger partial charge in [0.2, 0.25) is 0 Å². The summed E-state index contributed by atoms with van der Waals surface area (Å²) in [6.07, 6.45) is 0. The molecule has 4 heteroatoms. The lowest BCUT2D eigenvalue weighted by molar-refractivity contribution is 0.0745. The van der Waals surface area contributed by atoms with Crippen molar-refractivity contribution in [3.63, 3.8) is 0 Å². The quantitative estimate of drug-likeness (QED) is 0.912. The molecule has 1 amide bonds. The second kappa shape index (κ2) is 5.59. The maximum Gasteiger partial charge on any atom is 0.253 e. The molecule has 2 N–H and O–H groups in total. The topological polar surface area (TPSA) is 59.2 Å². The number of hydrogen-bond acceptors (Lipinski definition) is 3. The van der Waals surface area contributed by atoms with Crippen LogP contribution in [0.2, 0.25) is 0 Å². The number of aromatic nitrogens is 1. The Balaban J connectivity index is 2.99. The number of nitrogens with two attached hydrogens (primary N) is 1. The van der Waals surface area contributed by atoms with Crippen LogP contribution in [-0.4, -0.2) is 29.4 Å². The monoisotopic (exact) mass is 263 g/mol. The van der Waals surface area contributed by atoms with Gasteiger partial charge in [-0.1, -0.05) is 34.6 Å². The molecule has 0 radical (unpaired) electrons. The van der Waals surface area contributed by atoms with Crippen LogP contribution in [-0.2, 0) is 0 Å². The van der Waals surface area contributed by atoms with Gasteiger partial charge >= 0.3 is 0 Å². The summed E-state index contributed by atoms with van der Waals surface area (Å²) in [5.41, 5.74) is 7.32. The second-order valence-corrected chi connectivity index (χ2v) is 6.58. The van der Waals surface area contributed by atoms with Crippen LogP contribution in [0.15, 0.2) is 12.1 Å². The van der Waals surface area contributed by atoms with Gasteiger partial charge in [0, 0.05) is 24.8 Å². The average Bonchev–Trinajstić information content (AvgIpc) is 2.24. The Kier molecular flexibility index (Phi) is 4.56. The summed E-state index contributed by atoms with van der Waals surface area (Å²) in [5.74, 6) is 0.646. The van der Waals surface area contributed by atoms with Gasteiger partial charge in [-0.25, -0.2) is 4.98 Å². The Labute approximate surface area is 116 Å². The number of rotatable bonds is 3. The fourth-order valence-electron chi connectivity index (χ4n) is 2.00. The molecule has 4 nitrogen and oxygen atoms in total. The van der Waals surface area contributed by atoms with Gasteiger partial charge in [0.1, 0.15) is 5.82 Å². The highest BCUT2D eigenvalue weighted by molar-refractivity contribution is 5.94. The van der Waals surface area contributed by atoms with E-state index in [1.807, 2.05) is 27.0 Å². The summed E-state index contributed by atoms with van der Waals surface area (Å²) in [7, 11) is 1.82.